The molecule has 0 aliphatic heterocycles. The number of nitrogens with zero attached hydrogens (tertiary/aromatic N) is 2. The third-order valence-corrected chi connectivity index (χ3v) is 4.48. The van der Waals surface area contributed by atoms with Crippen LogP contribution in [0.5, 0.6) is 11.5 Å². The zero-order valence-electron chi connectivity index (χ0n) is 17.2. The maximum atomic E-state index is 12.2. The normalized spacial score (nSPS) is 10.7. The molecule has 0 unspecified atom stereocenters. The first kappa shape index (κ1) is 22.8. The van der Waals surface area contributed by atoms with E-state index in [0.717, 1.165) is 5.56 Å². The molecule has 0 aliphatic carbocycles. The molecule has 0 bridgehead atoms. The maximum Gasteiger partial charge on any atom is 0.271 e. The molecule has 0 radical (unpaired) electrons. The lowest BCUT2D eigenvalue weighted by atomic mass is 10.2. The van der Waals surface area contributed by atoms with Crippen molar-refractivity contribution >= 4 is 29.4 Å². The van der Waals surface area contributed by atoms with Gasteiger partial charge < -0.3 is 9.47 Å². The number of carbonyl (C=O) groups excluding carboxylic acids is 1. The Hall–Kier alpha value is -3.91. The molecular weight excluding hydrogens is 434 g/mol. The van der Waals surface area contributed by atoms with Gasteiger partial charge in [-0.2, -0.15) is 5.10 Å². The number of nitro benzene ring substituents is 1. The number of benzene rings is 3. The predicted octanol–water partition coefficient (Wildman–Crippen LogP) is 4.99. The number of ether oxygens (including phenoxy) is 2. The van der Waals surface area contributed by atoms with Crippen LogP contribution in [-0.2, 0) is 6.61 Å². The van der Waals surface area contributed by atoms with Crippen molar-refractivity contribution < 1.29 is 19.2 Å². The molecule has 1 N–H and O–H groups in total. The van der Waals surface area contributed by atoms with Crippen molar-refractivity contribution in [2.45, 2.75) is 13.5 Å². The smallest absolute Gasteiger partial charge is 0.271 e. The number of hydrogen-bond acceptors (Lipinski definition) is 6. The van der Waals surface area contributed by atoms with E-state index in [4.69, 9.17) is 21.1 Å². The van der Waals surface area contributed by atoms with Crippen LogP contribution in [0.1, 0.15) is 28.4 Å². The highest BCUT2D eigenvalue weighted by Gasteiger charge is 2.11. The summed E-state index contributed by atoms with van der Waals surface area (Å²) in [6.07, 6.45) is 1.44. The minimum atomic E-state index is -0.564. The van der Waals surface area contributed by atoms with E-state index in [1.807, 2.05) is 25.1 Å². The van der Waals surface area contributed by atoms with E-state index < -0.39 is 10.8 Å². The maximum absolute atomic E-state index is 12.2. The van der Waals surface area contributed by atoms with E-state index in [1.165, 1.54) is 30.5 Å². The van der Waals surface area contributed by atoms with Crippen LogP contribution in [0.4, 0.5) is 5.69 Å². The highest BCUT2D eigenvalue weighted by molar-refractivity contribution is 6.30. The average molecular weight is 454 g/mol. The van der Waals surface area contributed by atoms with Gasteiger partial charge >= 0.3 is 0 Å². The van der Waals surface area contributed by atoms with Crippen LogP contribution >= 0.6 is 11.6 Å². The molecule has 32 heavy (non-hydrogen) atoms. The highest BCUT2D eigenvalue weighted by atomic mass is 35.5. The number of hydrogen-bond donors (Lipinski definition) is 1. The Bertz CT molecular complexity index is 1150. The molecular formula is C23H20ClN3O5. The first-order chi connectivity index (χ1) is 15.5. The number of nitro groups is 1. The summed E-state index contributed by atoms with van der Waals surface area (Å²) in [5.74, 6) is 0.532. The molecule has 0 saturated heterocycles. The molecule has 3 aromatic rings. The zero-order chi connectivity index (χ0) is 22.9. The third kappa shape index (κ3) is 6.29. The standard InChI is InChI=1S/C23H20ClN3O5/c1-2-31-22-12-16(9-10-21(22)32-15-17-5-3-7-19(24)11-17)14-25-26-23(28)18-6-4-8-20(13-18)27(29)30/h3-14H,2,15H2,1H3,(H,26,28)/b25-14-. The van der Waals surface area contributed by atoms with Gasteiger partial charge in [0.05, 0.1) is 17.7 Å². The lowest BCUT2D eigenvalue weighted by molar-refractivity contribution is -0.384. The van der Waals surface area contributed by atoms with Crippen molar-refractivity contribution in [3.63, 3.8) is 0 Å². The summed E-state index contributed by atoms with van der Waals surface area (Å²) in [5.41, 5.74) is 3.91. The van der Waals surface area contributed by atoms with Crippen LogP contribution in [0.3, 0.4) is 0 Å². The van der Waals surface area contributed by atoms with E-state index in [-0.39, 0.29) is 11.3 Å². The minimum absolute atomic E-state index is 0.135. The Labute approximate surface area is 189 Å². The molecule has 1 amide bonds. The Balaban J connectivity index is 1.66. The van der Waals surface area contributed by atoms with Crippen LogP contribution in [0.2, 0.25) is 5.02 Å². The van der Waals surface area contributed by atoms with Gasteiger partial charge in [-0.05, 0) is 54.4 Å². The van der Waals surface area contributed by atoms with E-state index in [9.17, 15) is 14.9 Å². The number of non-ortho nitro benzene ring substituents is 1. The van der Waals surface area contributed by atoms with E-state index in [1.54, 1.807) is 24.3 Å². The van der Waals surface area contributed by atoms with Gasteiger partial charge in [0.25, 0.3) is 11.6 Å². The second kappa shape index (κ2) is 10.9. The summed E-state index contributed by atoms with van der Waals surface area (Å²) < 4.78 is 11.5. The average Bonchev–Trinajstić information content (AvgIpc) is 2.79. The van der Waals surface area contributed by atoms with E-state index in [0.29, 0.717) is 35.3 Å². The summed E-state index contributed by atoms with van der Waals surface area (Å²) in [6.45, 7) is 2.63. The van der Waals surface area contributed by atoms with Gasteiger partial charge in [0.1, 0.15) is 6.61 Å². The molecule has 3 aromatic carbocycles. The number of amides is 1. The molecule has 3 rings (SSSR count). The van der Waals surface area contributed by atoms with E-state index >= 15 is 0 Å². The molecule has 0 spiro atoms. The summed E-state index contributed by atoms with van der Waals surface area (Å²) in [6, 6.07) is 18.0. The first-order valence-corrected chi connectivity index (χ1v) is 10.1. The lowest BCUT2D eigenvalue weighted by Crippen LogP contribution is -2.17. The highest BCUT2D eigenvalue weighted by Crippen LogP contribution is 2.29. The fraction of sp³-hybridized carbons (Fsp3) is 0.130. The van der Waals surface area contributed by atoms with Crippen LogP contribution in [0.15, 0.2) is 71.8 Å². The van der Waals surface area contributed by atoms with Gasteiger partial charge in [-0.25, -0.2) is 5.43 Å². The molecule has 0 heterocycles. The number of carbonyl (C=O) groups is 1. The monoisotopic (exact) mass is 453 g/mol. The molecule has 0 aromatic heterocycles. The molecule has 164 valence electrons. The van der Waals surface area contributed by atoms with Gasteiger partial charge in [0, 0.05) is 22.7 Å². The fourth-order valence-electron chi connectivity index (χ4n) is 2.77. The summed E-state index contributed by atoms with van der Waals surface area (Å²) in [5, 5.41) is 15.4. The van der Waals surface area contributed by atoms with Crippen molar-refractivity contribution in [2.24, 2.45) is 5.10 Å². The van der Waals surface area contributed by atoms with Crippen molar-refractivity contribution in [3.05, 3.63) is 98.6 Å². The van der Waals surface area contributed by atoms with Gasteiger partial charge in [-0.15, -0.1) is 0 Å². The summed E-state index contributed by atoms with van der Waals surface area (Å²) in [4.78, 5) is 22.5. The van der Waals surface area contributed by atoms with Crippen LogP contribution < -0.4 is 14.9 Å². The summed E-state index contributed by atoms with van der Waals surface area (Å²) in [7, 11) is 0. The fourth-order valence-corrected chi connectivity index (χ4v) is 2.98. The number of halogens is 1. The van der Waals surface area contributed by atoms with Crippen molar-refractivity contribution in [1.29, 1.82) is 0 Å². The van der Waals surface area contributed by atoms with Gasteiger partial charge in [-0.1, -0.05) is 29.8 Å². The van der Waals surface area contributed by atoms with E-state index in [2.05, 4.69) is 10.5 Å². The molecule has 0 atom stereocenters. The Morgan fingerprint density at radius 3 is 2.66 bits per heavy atom. The topological polar surface area (TPSA) is 103 Å². The van der Waals surface area contributed by atoms with Crippen molar-refractivity contribution in [2.75, 3.05) is 6.61 Å². The SMILES string of the molecule is CCOc1cc(/C=N\NC(=O)c2cccc([N+](=O)[O-])c2)ccc1OCc1cccc(Cl)c1. The van der Waals surface area contributed by atoms with Crippen LogP contribution in [0.25, 0.3) is 0 Å². The van der Waals surface area contributed by atoms with Gasteiger partial charge in [-0.3, -0.25) is 14.9 Å². The minimum Gasteiger partial charge on any atom is -0.490 e. The molecule has 0 saturated carbocycles. The molecule has 0 fully saturated rings. The van der Waals surface area contributed by atoms with Crippen molar-refractivity contribution in [1.82, 2.24) is 5.43 Å². The number of rotatable bonds is 9. The van der Waals surface area contributed by atoms with Gasteiger partial charge in [0.2, 0.25) is 0 Å². The third-order valence-electron chi connectivity index (χ3n) is 4.25. The number of hydrazone groups is 1. The first-order valence-electron chi connectivity index (χ1n) is 9.68. The Kier molecular flexibility index (Phi) is 7.77. The molecule has 9 heteroatoms. The lowest BCUT2D eigenvalue weighted by Gasteiger charge is -2.12. The van der Waals surface area contributed by atoms with Gasteiger partial charge in [0.15, 0.2) is 11.5 Å². The largest absolute Gasteiger partial charge is 0.490 e. The zero-order valence-corrected chi connectivity index (χ0v) is 17.9. The van der Waals surface area contributed by atoms with Crippen LogP contribution in [0, 0.1) is 10.1 Å². The second-order valence-electron chi connectivity index (χ2n) is 6.56. The predicted molar refractivity (Wildman–Crippen MR) is 122 cm³/mol. The number of nitrogens with one attached hydrogen (secondary N) is 1. The summed E-state index contributed by atoms with van der Waals surface area (Å²) >= 11 is 6.01. The Morgan fingerprint density at radius 2 is 1.91 bits per heavy atom. The van der Waals surface area contributed by atoms with Crippen molar-refractivity contribution in [3.8, 4) is 11.5 Å². The molecule has 0 aliphatic rings. The van der Waals surface area contributed by atoms with Crippen LogP contribution in [-0.4, -0.2) is 23.7 Å². The Morgan fingerprint density at radius 1 is 1.09 bits per heavy atom. The molecule has 8 nitrogen and oxygen atoms in total. The quantitative estimate of drug-likeness (QED) is 0.279. The second-order valence-corrected chi connectivity index (χ2v) is 7.00.